The Morgan fingerprint density at radius 3 is 2.44 bits per heavy atom. The lowest BCUT2D eigenvalue weighted by Gasteiger charge is -2.28. The van der Waals surface area contributed by atoms with Crippen molar-refractivity contribution in [2.45, 2.75) is 73.0 Å². The highest BCUT2D eigenvalue weighted by atomic mass is 16.6. The average molecular weight is 381 g/mol. The van der Waals surface area contributed by atoms with Crippen LogP contribution in [0.15, 0.2) is 6.33 Å². The number of aromatic nitrogens is 2. The van der Waals surface area contributed by atoms with Gasteiger partial charge in [0.2, 0.25) is 0 Å². The Bertz CT molecular complexity index is 613. The zero-order valence-corrected chi connectivity index (χ0v) is 18.0. The third-order valence-corrected chi connectivity index (χ3v) is 3.43. The van der Waals surface area contributed by atoms with Gasteiger partial charge in [0, 0.05) is 25.3 Å². The van der Waals surface area contributed by atoms with E-state index in [9.17, 15) is 4.79 Å². The molecule has 27 heavy (non-hydrogen) atoms. The molecule has 0 bridgehead atoms. The Hall–Kier alpha value is -2.38. The Morgan fingerprint density at radius 2 is 1.96 bits per heavy atom. The standard InChI is InChI=1S/C17H30N6O2.C2H6/c1-7-8-12(9-23(6)16(24)25-17(3,4)5)22-15-13(11(2)18)14(19)20-10-21-15;1-2/h10,12,18H,7-9H2,1-6H3,(H3,19,20,21,22);1-2H3. The molecular formula is C19H36N6O2. The molecule has 0 fully saturated rings. The summed E-state index contributed by atoms with van der Waals surface area (Å²) in [6.45, 7) is 13.7. The van der Waals surface area contributed by atoms with Gasteiger partial charge in [-0.1, -0.05) is 27.2 Å². The summed E-state index contributed by atoms with van der Waals surface area (Å²) >= 11 is 0. The average Bonchev–Trinajstić information content (AvgIpc) is 2.55. The van der Waals surface area contributed by atoms with Crippen molar-refractivity contribution in [2.24, 2.45) is 0 Å². The van der Waals surface area contributed by atoms with Gasteiger partial charge >= 0.3 is 6.09 Å². The van der Waals surface area contributed by atoms with Gasteiger partial charge in [0.1, 0.15) is 23.6 Å². The summed E-state index contributed by atoms with van der Waals surface area (Å²) in [4.78, 5) is 21.9. The first kappa shape index (κ1) is 24.6. The van der Waals surface area contributed by atoms with E-state index in [1.165, 1.54) is 6.33 Å². The first-order valence-electron chi connectivity index (χ1n) is 9.41. The molecule has 0 aliphatic heterocycles. The number of likely N-dealkylation sites (N-methyl/N-ethyl adjacent to an activating group) is 1. The van der Waals surface area contributed by atoms with Gasteiger partial charge in [-0.25, -0.2) is 14.8 Å². The Morgan fingerprint density at radius 1 is 1.37 bits per heavy atom. The summed E-state index contributed by atoms with van der Waals surface area (Å²) in [7, 11) is 1.70. The number of ether oxygens (including phenoxy) is 1. The van der Waals surface area contributed by atoms with E-state index in [0.717, 1.165) is 12.8 Å². The summed E-state index contributed by atoms with van der Waals surface area (Å²) in [6.07, 6.45) is 2.75. The maximum atomic E-state index is 12.2. The largest absolute Gasteiger partial charge is 0.444 e. The van der Waals surface area contributed by atoms with Crippen LogP contribution in [0.1, 0.15) is 66.9 Å². The normalized spacial score (nSPS) is 11.7. The third kappa shape index (κ3) is 8.70. The van der Waals surface area contributed by atoms with Gasteiger partial charge < -0.3 is 26.1 Å². The van der Waals surface area contributed by atoms with Crippen molar-refractivity contribution in [3.63, 3.8) is 0 Å². The molecule has 1 heterocycles. The van der Waals surface area contributed by atoms with Gasteiger partial charge in [0.15, 0.2) is 0 Å². The lowest BCUT2D eigenvalue weighted by Crippen LogP contribution is -2.41. The van der Waals surface area contributed by atoms with Crippen molar-refractivity contribution in [2.75, 3.05) is 24.6 Å². The van der Waals surface area contributed by atoms with Gasteiger partial charge in [-0.05, 0) is 34.1 Å². The highest BCUT2D eigenvalue weighted by Gasteiger charge is 2.23. The van der Waals surface area contributed by atoms with Crippen LogP contribution in [-0.2, 0) is 4.74 Å². The SMILES string of the molecule is CC.CCCC(CN(C)C(=O)OC(C)(C)C)Nc1ncnc(N)c1C(C)=N. The highest BCUT2D eigenvalue weighted by Crippen LogP contribution is 2.20. The minimum Gasteiger partial charge on any atom is -0.444 e. The molecule has 1 amide bonds. The second kappa shape index (κ2) is 11.4. The number of nitrogen functional groups attached to an aromatic ring is 1. The Labute approximate surface area is 163 Å². The third-order valence-electron chi connectivity index (χ3n) is 3.43. The van der Waals surface area contributed by atoms with Crippen LogP contribution >= 0.6 is 0 Å². The number of carbonyl (C=O) groups is 1. The maximum Gasteiger partial charge on any atom is 0.410 e. The smallest absolute Gasteiger partial charge is 0.410 e. The number of nitrogens with zero attached hydrogens (tertiary/aromatic N) is 3. The number of amides is 1. The number of anilines is 2. The number of carbonyl (C=O) groups excluding carboxylic acids is 1. The van der Waals surface area contributed by atoms with E-state index in [1.54, 1.807) is 18.9 Å². The summed E-state index contributed by atoms with van der Waals surface area (Å²) in [5.41, 5.74) is 6.11. The van der Waals surface area contributed by atoms with Crippen molar-refractivity contribution < 1.29 is 9.53 Å². The first-order valence-corrected chi connectivity index (χ1v) is 9.41. The molecule has 8 heteroatoms. The van der Waals surface area contributed by atoms with Crippen molar-refractivity contribution in [1.29, 1.82) is 5.41 Å². The highest BCUT2D eigenvalue weighted by molar-refractivity contribution is 6.04. The van der Waals surface area contributed by atoms with E-state index in [1.807, 2.05) is 34.6 Å². The van der Waals surface area contributed by atoms with Crippen LogP contribution in [0.2, 0.25) is 0 Å². The van der Waals surface area contributed by atoms with Crippen molar-refractivity contribution in [1.82, 2.24) is 14.9 Å². The molecule has 0 aromatic carbocycles. The molecule has 4 N–H and O–H groups in total. The van der Waals surface area contributed by atoms with Crippen molar-refractivity contribution in [3.8, 4) is 0 Å². The van der Waals surface area contributed by atoms with Crippen molar-refractivity contribution in [3.05, 3.63) is 11.9 Å². The summed E-state index contributed by atoms with van der Waals surface area (Å²) in [6, 6.07) is -0.0464. The Balaban J connectivity index is 0.00000326. The molecule has 0 radical (unpaired) electrons. The van der Waals surface area contributed by atoms with Gasteiger partial charge in [0.05, 0.1) is 5.56 Å². The van der Waals surface area contributed by atoms with E-state index in [2.05, 4.69) is 22.2 Å². The monoisotopic (exact) mass is 380 g/mol. The molecule has 0 spiro atoms. The minimum absolute atomic E-state index is 0.0464. The molecule has 1 aromatic heterocycles. The number of rotatable bonds is 7. The molecule has 0 aliphatic rings. The summed E-state index contributed by atoms with van der Waals surface area (Å²) < 4.78 is 5.39. The number of nitrogens with two attached hydrogens (primary N) is 1. The number of hydrogen-bond acceptors (Lipinski definition) is 7. The summed E-state index contributed by atoms with van der Waals surface area (Å²) in [5.74, 6) is 0.775. The second-order valence-electron chi connectivity index (χ2n) is 7.10. The quantitative estimate of drug-likeness (QED) is 0.617. The molecular weight excluding hydrogens is 344 g/mol. The van der Waals surface area contributed by atoms with Gasteiger partial charge in [-0.15, -0.1) is 0 Å². The van der Waals surface area contributed by atoms with Crippen LogP contribution in [0.3, 0.4) is 0 Å². The van der Waals surface area contributed by atoms with Crippen LogP contribution in [-0.4, -0.2) is 51.9 Å². The molecule has 1 unspecified atom stereocenters. The Kier molecular flexibility index (Phi) is 10.4. The zero-order chi connectivity index (χ0) is 21.2. The van der Waals surface area contributed by atoms with Crippen LogP contribution in [0, 0.1) is 5.41 Å². The molecule has 154 valence electrons. The van der Waals surface area contributed by atoms with Crippen LogP contribution in [0.5, 0.6) is 0 Å². The zero-order valence-electron chi connectivity index (χ0n) is 18.0. The lowest BCUT2D eigenvalue weighted by molar-refractivity contribution is 0.0291. The van der Waals surface area contributed by atoms with Crippen LogP contribution in [0.25, 0.3) is 0 Å². The fourth-order valence-corrected chi connectivity index (χ4v) is 2.37. The maximum absolute atomic E-state index is 12.2. The molecule has 0 aliphatic carbocycles. The fourth-order valence-electron chi connectivity index (χ4n) is 2.37. The molecule has 8 nitrogen and oxygen atoms in total. The molecule has 0 saturated heterocycles. The number of hydrogen-bond donors (Lipinski definition) is 3. The topological polar surface area (TPSA) is 117 Å². The van der Waals surface area contributed by atoms with Crippen molar-refractivity contribution >= 4 is 23.4 Å². The molecule has 0 saturated carbocycles. The van der Waals surface area contributed by atoms with E-state index >= 15 is 0 Å². The van der Waals surface area contributed by atoms with E-state index in [0.29, 0.717) is 17.9 Å². The molecule has 1 atom stereocenters. The molecule has 1 rings (SSSR count). The lowest BCUT2D eigenvalue weighted by atomic mass is 10.1. The summed E-state index contributed by atoms with van der Waals surface area (Å²) in [5, 5.41) is 11.2. The predicted molar refractivity (Wildman–Crippen MR) is 111 cm³/mol. The fraction of sp³-hybridized carbons (Fsp3) is 0.684. The first-order chi connectivity index (χ1) is 12.5. The van der Waals surface area contributed by atoms with Crippen LogP contribution in [0.4, 0.5) is 16.4 Å². The van der Waals surface area contributed by atoms with Crippen LogP contribution < -0.4 is 11.1 Å². The van der Waals surface area contributed by atoms with Gasteiger partial charge in [-0.2, -0.15) is 0 Å². The predicted octanol–water partition coefficient (Wildman–Crippen LogP) is 3.92. The van der Waals surface area contributed by atoms with E-state index in [-0.39, 0.29) is 23.7 Å². The van der Waals surface area contributed by atoms with Gasteiger partial charge in [0.25, 0.3) is 0 Å². The van der Waals surface area contributed by atoms with E-state index in [4.69, 9.17) is 15.9 Å². The molecule has 1 aromatic rings. The minimum atomic E-state index is -0.537. The number of nitrogens with one attached hydrogen (secondary N) is 2. The van der Waals surface area contributed by atoms with Gasteiger partial charge in [-0.3, -0.25) is 0 Å². The van der Waals surface area contributed by atoms with E-state index < -0.39 is 5.60 Å². The second-order valence-corrected chi connectivity index (χ2v) is 7.10.